The summed E-state index contributed by atoms with van der Waals surface area (Å²) in [4.78, 5) is 118. The van der Waals surface area contributed by atoms with Crippen molar-refractivity contribution in [1.29, 1.82) is 0 Å². The number of rotatable bonds is 29. The molecule has 8 amide bonds. The first-order valence-corrected chi connectivity index (χ1v) is 32.7. The van der Waals surface area contributed by atoms with E-state index in [0.717, 1.165) is 99.3 Å². The summed E-state index contributed by atoms with van der Waals surface area (Å²) in [5.74, 6) is -3.84. The lowest BCUT2D eigenvalue weighted by molar-refractivity contribution is -0.143. The van der Waals surface area contributed by atoms with Gasteiger partial charge in [-0.1, -0.05) is 173 Å². The highest BCUT2D eigenvalue weighted by molar-refractivity contribution is 5.97. The quantitative estimate of drug-likeness (QED) is 0.0267. The molecule has 18 nitrogen and oxygen atoms in total. The lowest BCUT2D eigenvalue weighted by Crippen LogP contribution is -2.59. The van der Waals surface area contributed by atoms with E-state index in [1.807, 2.05) is 121 Å². The average Bonchev–Trinajstić information content (AvgIpc) is 4.40. The van der Waals surface area contributed by atoms with Gasteiger partial charge in [0.05, 0.1) is 12.1 Å². The number of likely N-dealkylation sites (N-methyl/N-ethyl adjacent to an activating group) is 2. The molecule has 2 heterocycles. The summed E-state index contributed by atoms with van der Waals surface area (Å²) in [6.07, 6.45) is 14.0. The molecule has 4 aromatic carbocycles. The summed E-state index contributed by atoms with van der Waals surface area (Å²) in [5, 5.41) is 24.7. The molecule has 8 atom stereocenters. The Morgan fingerprint density at radius 1 is 0.398 bits per heavy atom. The molecule has 0 aromatic heterocycles. The number of carbonyl (C=O) groups is 8. The van der Waals surface area contributed by atoms with Gasteiger partial charge in [-0.3, -0.25) is 38.4 Å². The molecule has 88 heavy (non-hydrogen) atoms. The molecule has 0 bridgehead atoms. The second kappa shape index (κ2) is 33.8. The molecule has 0 radical (unpaired) electrons. The highest BCUT2D eigenvalue weighted by atomic mass is 16.2. The van der Waals surface area contributed by atoms with E-state index in [4.69, 9.17) is 0 Å². The zero-order valence-corrected chi connectivity index (χ0v) is 52.2. The molecule has 2 saturated carbocycles. The van der Waals surface area contributed by atoms with E-state index >= 15 is 0 Å². The highest BCUT2D eigenvalue weighted by Gasteiger charge is 2.45. The monoisotopic (exact) mass is 1200 g/mol. The van der Waals surface area contributed by atoms with Gasteiger partial charge in [0, 0.05) is 38.0 Å². The van der Waals surface area contributed by atoms with Gasteiger partial charge in [-0.05, 0) is 126 Å². The van der Waals surface area contributed by atoms with E-state index in [0.29, 0.717) is 64.7 Å². The van der Waals surface area contributed by atoms with Crippen molar-refractivity contribution >= 4 is 47.3 Å². The number of nitrogens with one attached hydrogen (secondary N) is 8. The van der Waals surface area contributed by atoms with E-state index in [2.05, 4.69) is 42.5 Å². The van der Waals surface area contributed by atoms with Crippen LogP contribution in [0.15, 0.2) is 121 Å². The Kier molecular flexibility index (Phi) is 25.5. The Hall–Kier alpha value is -7.44. The Bertz CT molecular complexity index is 2620. The van der Waals surface area contributed by atoms with Crippen LogP contribution < -0.4 is 42.5 Å². The zero-order chi connectivity index (χ0) is 62.4. The minimum Gasteiger partial charge on any atom is -0.354 e. The maximum atomic E-state index is 14.8. The lowest BCUT2D eigenvalue weighted by Gasteiger charge is -2.36. The Balaban J connectivity index is 0.921. The number of amides is 8. The van der Waals surface area contributed by atoms with Crippen LogP contribution in [0.4, 0.5) is 0 Å². The fourth-order valence-corrected chi connectivity index (χ4v) is 13.6. The zero-order valence-electron chi connectivity index (χ0n) is 52.2. The van der Waals surface area contributed by atoms with Crippen molar-refractivity contribution in [1.82, 2.24) is 52.3 Å². The number of hydrogen-bond acceptors (Lipinski definition) is 10. The van der Waals surface area contributed by atoms with Gasteiger partial charge >= 0.3 is 0 Å². The van der Waals surface area contributed by atoms with Crippen LogP contribution in [0.25, 0.3) is 0 Å². The fraction of sp³-hybridized carbons (Fsp3) is 0.543. The van der Waals surface area contributed by atoms with Gasteiger partial charge in [0.2, 0.25) is 47.3 Å². The van der Waals surface area contributed by atoms with Gasteiger partial charge in [-0.15, -0.1) is 0 Å². The van der Waals surface area contributed by atoms with Crippen LogP contribution in [0.5, 0.6) is 0 Å². The standard InChI is InChI=1S/C70H96N10O8/c1-47(71-3)63(81)75-59(53-37-21-11-22-38-53)69(87)79-45-27-41-55(79)65(83)77-61(57(49-29-13-7-14-30-49)50-31-15-8-16-32-50)67(85)73-43-25-5-6-26-44-74-68(86)62(58(51-33-17-9-18-34-51)52-35-19-10-20-36-52)78-66(84)56-42-28-46-80(56)70(88)60(54-39-23-12-24-40-54)76-64(82)48(2)72-4/h7-10,13-20,29-36,47-48,53-62,71-72H,5-6,11-12,21-28,37-46H2,1-4H3,(H,73,85)(H,74,86)(H,75,81)(H,76,82)(H,77,83)(H,78,84)/t47?,48?,55?,56?,59?,60?,61-,62-/m0/s1. The van der Waals surface area contributed by atoms with E-state index in [9.17, 15) is 38.4 Å². The van der Waals surface area contributed by atoms with Gasteiger partial charge in [0.15, 0.2) is 0 Å². The summed E-state index contributed by atoms with van der Waals surface area (Å²) < 4.78 is 0. The van der Waals surface area contributed by atoms with Crippen LogP contribution in [0, 0.1) is 11.8 Å². The SMILES string of the molecule is CNC(C)C(=O)NC(C(=O)N1CCCC1C(=O)N[C@H](C(=O)NCCCCCCNC(=O)[C@@H](NC(=O)C1CCCN1C(=O)C(NC(=O)C(C)NC)C1CCCCC1)C(c1ccccc1)c1ccccc1)C(c1ccccc1)c1ccccc1)C1CCCCC1. The molecule has 2 aliphatic heterocycles. The summed E-state index contributed by atoms with van der Waals surface area (Å²) in [7, 11) is 3.41. The van der Waals surface area contributed by atoms with Gasteiger partial charge in [0.25, 0.3) is 0 Å². The molecule has 8 rings (SSSR count). The first-order chi connectivity index (χ1) is 42.8. The van der Waals surface area contributed by atoms with Crippen molar-refractivity contribution in [2.45, 2.75) is 190 Å². The minimum absolute atomic E-state index is 0.0457. The molecule has 2 aliphatic carbocycles. The molecular weight excluding hydrogens is 1110 g/mol. The summed E-state index contributed by atoms with van der Waals surface area (Å²) in [6.45, 7) is 4.88. The van der Waals surface area contributed by atoms with Crippen molar-refractivity contribution < 1.29 is 38.4 Å². The van der Waals surface area contributed by atoms with Crippen molar-refractivity contribution in [3.63, 3.8) is 0 Å². The summed E-state index contributed by atoms with van der Waals surface area (Å²) in [5.41, 5.74) is 3.36. The summed E-state index contributed by atoms with van der Waals surface area (Å²) >= 11 is 0. The molecule has 6 unspecified atom stereocenters. The molecule has 2 saturated heterocycles. The third-order valence-corrected chi connectivity index (χ3v) is 18.9. The van der Waals surface area contributed by atoms with Crippen LogP contribution in [0.3, 0.4) is 0 Å². The number of benzene rings is 4. The molecule has 18 heteroatoms. The van der Waals surface area contributed by atoms with Gasteiger partial charge in [-0.2, -0.15) is 0 Å². The third-order valence-electron chi connectivity index (χ3n) is 18.9. The number of unbranched alkanes of at least 4 members (excludes halogenated alkanes) is 3. The fourth-order valence-electron chi connectivity index (χ4n) is 13.6. The van der Waals surface area contributed by atoms with Crippen LogP contribution in [-0.2, 0) is 38.4 Å². The predicted octanol–water partition coefficient (Wildman–Crippen LogP) is 6.74. The maximum Gasteiger partial charge on any atom is 0.246 e. The van der Waals surface area contributed by atoms with Crippen LogP contribution in [-0.4, -0.2) is 146 Å². The van der Waals surface area contributed by atoms with Crippen LogP contribution in [0.1, 0.15) is 164 Å². The molecule has 4 fully saturated rings. The molecular formula is C70H96N10O8. The average molecular weight is 1210 g/mol. The van der Waals surface area contributed by atoms with Gasteiger partial charge < -0.3 is 52.3 Å². The van der Waals surface area contributed by atoms with Crippen molar-refractivity contribution in [3.8, 4) is 0 Å². The second-order valence-corrected chi connectivity index (χ2v) is 24.7. The van der Waals surface area contributed by atoms with E-state index < -0.39 is 72.0 Å². The van der Waals surface area contributed by atoms with E-state index in [1.165, 1.54) is 0 Å². The predicted molar refractivity (Wildman–Crippen MR) is 341 cm³/mol. The number of likely N-dealkylation sites (tertiary alicyclic amines) is 2. The Labute approximate surface area is 521 Å². The second-order valence-electron chi connectivity index (χ2n) is 24.7. The Morgan fingerprint density at radius 2 is 0.716 bits per heavy atom. The topological polar surface area (TPSA) is 239 Å². The van der Waals surface area contributed by atoms with Gasteiger partial charge in [0.1, 0.15) is 36.3 Å². The lowest BCUT2D eigenvalue weighted by atomic mass is 9.83. The van der Waals surface area contributed by atoms with E-state index in [1.54, 1.807) is 37.7 Å². The van der Waals surface area contributed by atoms with Crippen molar-refractivity contribution in [2.75, 3.05) is 40.3 Å². The molecule has 474 valence electrons. The number of carbonyl (C=O) groups excluding carboxylic acids is 8. The summed E-state index contributed by atoms with van der Waals surface area (Å²) in [6, 6.07) is 32.3. The molecule has 4 aliphatic rings. The third kappa shape index (κ3) is 17.7. The highest BCUT2D eigenvalue weighted by Crippen LogP contribution is 2.34. The maximum absolute atomic E-state index is 14.8. The molecule has 0 spiro atoms. The van der Waals surface area contributed by atoms with Crippen molar-refractivity contribution in [2.24, 2.45) is 11.8 Å². The van der Waals surface area contributed by atoms with Crippen molar-refractivity contribution in [3.05, 3.63) is 144 Å². The normalized spacial score (nSPS) is 19.4. The number of nitrogens with zero attached hydrogens (tertiary/aromatic N) is 2. The van der Waals surface area contributed by atoms with E-state index in [-0.39, 0.29) is 47.3 Å². The molecule has 8 N–H and O–H groups in total. The number of hydrogen-bond donors (Lipinski definition) is 8. The van der Waals surface area contributed by atoms with Crippen LogP contribution in [0.2, 0.25) is 0 Å². The largest absolute Gasteiger partial charge is 0.354 e. The first kappa shape index (κ1) is 66.5. The Morgan fingerprint density at radius 3 is 1.02 bits per heavy atom. The van der Waals surface area contributed by atoms with Gasteiger partial charge in [-0.25, -0.2) is 0 Å². The van der Waals surface area contributed by atoms with Crippen LogP contribution >= 0.6 is 0 Å². The smallest absolute Gasteiger partial charge is 0.246 e. The molecule has 4 aromatic rings. The minimum atomic E-state index is -1.05. The first-order valence-electron chi connectivity index (χ1n) is 32.7.